The van der Waals surface area contributed by atoms with Crippen LogP contribution in [0.2, 0.25) is 0 Å². The fourth-order valence-corrected chi connectivity index (χ4v) is 2.79. The van der Waals surface area contributed by atoms with Crippen LogP contribution in [-0.2, 0) is 11.3 Å². The van der Waals surface area contributed by atoms with E-state index in [1.807, 2.05) is 0 Å². The van der Waals surface area contributed by atoms with Gasteiger partial charge in [0.2, 0.25) is 0 Å². The van der Waals surface area contributed by atoms with E-state index in [2.05, 4.69) is 43.1 Å². The molecule has 20 heavy (non-hydrogen) atoms. The van der Waals surface area contributed by atoms with Crippen LogP contribution in [0.1, 0.15) is 37.9 Å². The number of anilines is 1. The summed E-state index contributed by atoms with van der Waals surface area (Å²) in [6, 6.07) is 5.16. The molecule has 1 aromatic heterocycles. The van der Waals surface area contributed by atoms with E-state index in [1.165, 1.54) is 18.4 Å². The van der Waals surface area contributed by atoms with Crippen LogP contribution in [0.15, 0.2) is 12.1 Å². The van der Waals surface area contributed by atoms with E-state index in [4.69, 9.17) is 9.72 Å². The van der Waals surface area contributed by atoms with Gasteiger partial charge in [-0.25, -0.2) is 4.98 Å². The number of nitrogens with one attached hydrogen (secondary N) is 1. The monoisotopic (exact) mass is 275 g/mol. The standard InChI is InChI=1S/C16H25N3O/c1-12-8-13(10-17-14-4-5-14)9-15(18-12)19-6-7-20-11-16(19,2)3/h8-9,14,17H,4-7,10-11H2,1-3H3. The van der Waals surface area contributed by atoms with Crippen molar-refractivity contribution in [1.29, 1.82) is 0 Å². The molecule has 110 valence electrons. The number of hydrogen-bond acceptors (Lipinski definition) is 4. The highest BCUT2D eigenvalue weighted by Crippen LogP contribution is 2.27. The lowest BCUT2D eigenvalue weighted by molar-refractivity contribution is 0.0639. The van der Waals surface area contributed by atoms with Crippen molar-refractivity contribution in [2.45, 2.75) is 51.7 Å². The van der Waals surface area contributed by atoms with Gasteiger partial charge < -0.3 is 15.0 Å². The topological polar surface area (TPSA) is 37.4 Å². The Labute approximate surface area is 121 Å². The number of ether oxygens (including phenoxy) is 1. The summed E-state index contributed by atoms with van der Waals surface area (Å²) in [5, 5.41) is 3.58. The minimum absolute atomic E-state index is 0.0141. The van der Waals surface area contributed by atoms with Crippen LogP contribution in [0, 0.1) is 6.92 Å². The molecular formula is C16H25N3O. The molecule has 0 bridgehead atoms. The first kappa shape index (κ1) is 13.8. The lowest BCUT2D eigenvalue weighted by atomic mass is 10.0. The molecule has 1 aliphatic heterocycles. The van der Waals surface area contributed by atoms with Crippen LogP contribution >= 0.6 is 0 Å². The van der Waals surface area contributed by atoms with Gasteiger partial charge >= 0.3 is 0 Å². The van der Waals surface area contributed by atoms with Crippen molar-refractivity contribution in [2.75, 3.05) is 24.7 Å². The Bertz CT molecular complexity index is 483. The molecule has 1 N–H and O–H groups in total. The molecule has 2 aliphatic rings. The minimum atomic E-state index is 0.0141. The average Bonchev–Trinajstić information content (AvgIpc) is 3.19. The Hall–Kier alpha value is -1.13. The predicted molar refractivity (Wildman–Crippen MR) is 81.1 cm³/mol. The molecule has 1 saturated carbocycles. The second kappa shape index (κ2) is 5.34. The first-order valence-electron chi connectivity index (χ1n) is 7.61. The van der Waals surface area contributed by atoms with Gasteiger partial charge in [-0.3, -0.25) is 0 Å². The van der Waals surface area contributed by atoms with E-state index in [1.54, 1.807) is 0 Å². The van der Waals surface area contributed by atoms with E-state index in [-0.39, 0.29) is 5.54 Å². The molecule has 3 rings (SSSR count). The largest absolute Gasteiger partial charge is 0.377 e. The maximum Gasteiger partial charge on any atom is 0.129 e. The number of pyridine rings is 1. The summed E-state index contributed by atoms with van der Waals surface area (Å²) in [4.78, 5) is 7.12. The van der Waals surface area contributed by atoms with E-state index in [0.29, 0.717) is 0 Å². The molecule has 2 heterocycles. The van der Waals surface area contributed by atoms with Gasteiger partial charge in [0.15, 0.2) is 0 Å². The zero-order chi connectivity index (χ0) is 14.2. The van der Waals surface area contributed by atoms with Crippen molar-refractivity contribution in [2.24, 2.45) is 0 Å². The van der Waals surface area contributed by atoms with Crippen LogP contribution < -0.4 is 10.2 Å². The fraction of sp³-hybridized carbons (Fsp3) is 0.688. The summed E-state index contributed by atoms with van der Waals surface area (Å²) in [7, 11) is 0. The first-order chi connectivity index (χ1) is 9.54. The van der Waals surface area contributed by atoms with Crippen LogP contribution in [0.25, 0.3) is 0 Å². The highest BCUT2D eigenvalue weighted by atomic mass is 16.5. The number of aryl methyl sites for hydroxylation is 1. The molecule has 4 nitrogen and oxygen atoms in total. The summed E-state index contributed by atoms with van der Waals surface area (Å²) in [5.41, 5.74) is 2.44. The number of nitrogens with zero attached hydrogens (tertiary/aromatic N) is 2. The zero-order valence-electron chi connectivity index (χ0n) is 12.8. The van der Waals surface area contributed by atoms with Crippen LogP contribution in [-0.4, -0.2) is 36.3 Å². The van der Waals surface area contributed by atoms with Gasteiger partial charge in [-0.1, -0.05) is 0 Å². The van der Waals surface area contributed by atoms with E-state index < -0.39 is 0 Å². The van der Waals surface area contributed by atoms with Crippen molar-refractivity contribution in [3.63, 3.8) is 0 Å². The molecule has 0 aromatic carbocycles. The first-order valence-corrected chi connectivity index (χ1v) is 7.61. The van der Waals surface area contributed by atoms with Crippen LogP contribution in [0.3, 0.4) is 0 Å². The molecule has 0 amide bonds. The van der Waals surface area contributed by atoms with Gasteiger partial charge in [0.05, 0.1) is 18.8 Å². The summed E-state index contributed by atoms with van der Waals surface area (Å²) < 4.78 is 5.60. The molecule has 0 unspecified atom stereocenters. The molecular weight excluding hydrogens is 250 g/mol. The molecule has 1 saturated heterocycles. The number of aromatic nitrogens is 1. The Morgan fingerprint density at radius 1 is 1.40 bits per heavy atom. The van der Waals surface area contributed by atoms with Gasteiger partial charge in [0, 0.05) is 24.8 Å². The highest BCUT2D eigenvalue weighted by Gasteiger charge is 2.31. The van der Waals surface area contributed by atoms with Crippen LogP contribution in [0.4, 0.5) is 5.82 Å². The van der Waals surface area contributed by atoms with Gasteiger partial charge in [0.1, 0.15) is 5.82 Å². The third-order valence-corrected chi connectivity index (χ3v) is 4.09. The number of morpholine rings is 1. The molecule has 0 spiro atoms. The lowest BCUT2D eigenvalue weighted by Gasteiger charge is -2.43. The quantitative estimate of drug-likeness (QED) is 0.914. The fourth-order valence-electron chi connectivity index (χ4n) is 2.79. The predicted octanol–water partition coefficient (Wildman–Crippen LogP) is 2.26. The van der Waals surface area contributed by atoms with Gasteiger partial charge in [-0.05, 0) is 51.3 Å². The zero-order valence-corrected chi connectivity index (χ0v) is 12.8. The Balaban J connectivity index is 1.80. The normalized spacial score (nSPS) is 22.1. The van der Waals surface area contributed by atoms with Gasteiger partial charge in [0.25, 0.3) is 0 Å². The molecule has 4 heteroatoms. The molecule has 2 fully saturated rings. The van der Waals surface area contributed by atoms with Crippen LogP contribution in [0.5, 0.6) is 0 Å². The highest BCUT2D eigenvalue weighted by molar-refractivity contribution is 5.45. The summed E-state index contributed by atoms with van der Waals surface area (Å²) in [6.07, 6.45) is 2.65. The maximum absolute atomic E-state index is 5.60. The third kappa shape index (κ3) is 3.13. The second-order valence-electron chi connectivity index (χ2n) is 6.65. The van der Waals surface area contributed by atoms with E-state index in [0.717, 1.165) is 43.9 Å². The number of hydrogen-bond donors (Lipinski definition) is 1. The smallest absolute Gasteiger partial charge is 0.129 e. The average molecular weight is 275 g/mol. The van der Waals surface area contributed by atoms with Crippen molar-refractivity contribution in [1.82, 2.24) is 10.3 Å². The molecule has 1 aromatic rings. The maximum atomic E-state index is 5.60. The summed E-state index contributed by atoms with van der Waals surface area (Å²) in [6.45, 7) is 9.94. The number of rotatable bonds is 4. The molecule has 0 atom stereocenters. The summed E-state index contributed by atoms with van der Waals surface area (Å²) >= 11 is 0. The minimum Gasteiger partial charge on any atom is -0.377 e. The summed E-state index contributed by atoms with van der Waals surface area (Å²) in [5.74, 6) is 1.09. The van der Waals surface area contributed by atoms with Crippen molar-refractivity contribution in [3.05, 3.63) is 23.4 Å². The van der Waals surface area contributed by atoms with Crippen molar-refractivity contribution < 1.29 is 4.74 Å². The van der Waals surface area contributed by atoms with E-state index >= 15 is 0 Å². The van der Waals surface area contributed by atoms with Crippen molar-refractivity contribution >= 4 is 5.82 Å². The molecule has 0 radical (unpaired) electrons. The van der Waals surface area contributed by atoms with Gasteiger partial charge in [-0.15, -0.1) is 0 Å². The Morgan fingerprint density at radius 3 is 2.90 bits per heavy atom. The second-order valence-corrected chi connectivity index (χ2v) is 6.65. The third-order valence-electron chi connectivity index (χ3n) is 4.09. The molecule has 1 aliphatic carbocycles. The van der Waals surface area contributed by atoms with Gasteiger partial charge in [-0.2, -0.15) is 0 Å². The van der Waals surface area contributed by atoms with E-state index in [9.17, 15) is 0 Å². The SMILES string of the molecule is Cc1cc(CNC2CC2)cc(N2CCOCC2(C)C)n1. The Kier molecular flexibility index (Phi) is 3.69. The lowest BCUT2D eigenvalue weighted by Crippen LogP contribution is -2.53. The Morgan fingerprint density at radius 2 is 2.20 bits per heavy atom. The van der Waals surface area contributed by atoms with Crippen molar-refractivity contribution in [3.8, 4) is 0 Å².